The average molecular weight is 439 g/mol. The van der Waals surface area contributed by atoms with Gasteiger partial charge in [-0.3, -0.25) is 0 Å². The normalized spacial score (nSPS) is 17.1. The third kappa shape index (κ3) is 3.29. The van der Waals surface area contributed by atoms with Crippen LogP contribution in [0.5, 0.6) is 0 Å². The minimum atomic E-state index is -1.55. The molecule has 3 heteroatoms. The molecule has 0 atom stereocenters. The summed E-state index contributed by atoms with van der Waals surface area (Å²) < 4.78 is 0. The van der Waals surface area contributed by atoms with Crippen molar-refractivity contribution >= 4 is 34.9 Å². The van der Waals surface area contributed by atoms with Gasteiger partial charge < -0.3 is 0 Å². The molecule has 0 saturated heterocycles. The summed E-state index contributed by atoms with van der Waals surface area (Å²) in [5.74, 6) is 0. The SMILES string of the molecule is Cc1ccc2c([Si](C)(C)C)cc(-c3ncnc4cc5c(cc34)C(C)(C)CC5(C)C)cc2c1. The molecule has 0 unspecified atom stereocenters. The number of hydrogen-bond donors (Lipinski definition) is 0. The molecule has 0 spiro atoms. The van der Waals surface area contributed by atoms with Gasteiger partial charge in [0.2, 0.25) is 0 Å². The van der Waals surface area contributed by atoms with E-state index in [9.17, 15) is 0 Å². The number of aromatic nitrogens is 2. The predicted molar refractivity (Wildman–Crippen MR) is 141 cm³/mol. The monoisotopic (exact) mass is 438 g/mol. The van der Waals surface area contributed by atoms with Crippen LogP contribution in [0.3, 0.4) is 0 Å². The molecule has 4 aromatic rings. The molecule has 1 aliphatic carbocycles. The highest BCUT2D eigenvalue weighted by Crippen LogP contribution is 2.50. The van der Waals surface area contributed by atoms with Crippen LogP contribution in [0, 0.1) is 6.92 Å². The number of fused-ring (bicyclic) bond motifs is 3. The molecule has 1 aromatic heterocycles. The van der Waals surface area contributed by atoms with Crippen molar-refractivity contribution in [2.45, 2.75) is 71.5 Å². The van der Waals surface area contributed by atoms with Gasteiger partial charge in [0.05, 0.1) is 19.3 Å². The second-order valence-corrected chi connectivity index (χ2v) is 17.1. The van der Waals surface area contributed by atoms with Gasteiger partial charge in [-0.05, 0) is 64.3 Å². The molecular formula is C29H34N2Si. The molecule has 0 radical (unpaired) electrons. The van der Waals surface area contributed by atoms with Crippen LogP contribution < -0.4 is 5.19 Å². The van der Waals surface area contributed by atoms with Crippen LogP contribution in [-0.4, -0.2) is 18.0 Å². The van der Waals surface area contributed by atoms with Crippen molar-refractivity contribution in [3.8, 4) is 11.3 Å². The van der Waals surface area contributed by atoms with Crippen molar-refractivity contribution in [3.05, 3.63) is 65.5 Å². The first-order valence-electron chi connectivity index (χ1n) is 11.7. The molecule has 164 valence electrons. The smallest absolute Gasteiger partial charge is 0.116 e. The van der Waals surface area contributed by atoms with Gasteiger partial charge in [-0.2, -0.15) is 0 Å². The first-order chi connectivity index (χ1) is 14.9. The number of benzene rings is 3. The fraction of sp³-hybridized carbons (Fsp3) is 0.379. The molecule has 2 nitrogen and oxygen atoms in total. The fourth-order valence-corrected chi connectivity index (χ4v) is 7.62. The second kappa shape index (κ2) is 6.74. The minimum Gasteiger partial charge on any atom is -0.236 e. The van der Waals surface area contributed by atoms with Crippen molar-refractivity contribution in [1.82, 2.24) is 9.97 Å². The van der Waals surface area contributed by atoms with Crippen LogP contribution in [0.25, 0.3) is 32.9 Å². The summed E-state index contributed by atoms with van der Waals surface area (Å²) in [6.45, 7) is 18.9. The van der Waals surface area contributed by atoms with Crippen molar-refractivity contribution in [3.63, 3.8) is 0 Å². The van der Waals surface area contributed by atoms with Gasteiger partial charge in [-0.25, -0.2) is 9.97 Å². The van der Waals surface area contributed by atoms with Crippen molar-refractivity contribution < 1.29 is 0 Å². The molecule has 0 N–H and O–H groups in total. The summed E-state index contributed by atoms with van der Waals surface area (Å²) in [6.07, 6.45) is 2.90. The molecule has 32 heavy (non-hydrogen) atoms. The van der Waals surface area contributed by atoms with Gasteiger partial charge >= 0.3 is 0 Å². The topological polar surface area (TPSA) is 25.8 Å². The Kier molecular flexibility index (Phi) is 4.49. The summed E-state index contributed by atoms with van der Waals surface area (Å²) in [6, 6.07) is 16.3. The van der Waals surface area contributed by atoms with Crippen LogP contribution >= 0.6 is 0 Å². The maximum Gasteiger partial charge on any atom is 0.116 e. The molecule has 0 aliphatic heterocycles. The van der Waals surface area contributed by atoms with Crippen LogP contribution in [0.2, 0.25) is 19.6 Å². The van der Waals surface area contributed by atoms with E-state index < -0.39 is 8.07 Å². The Labute approximate surface area is 193 Å². The molecular weight excluding hydrogens is 404 g/mol. The van der Waals surface area contributed by atoms with Crippen LogP contribution in [0.15, 0.2) is 48.8 Å². The standard InChI is InChI=1S/C29H34N2Si/c1-18-9-10-21-19(11-18)12-20(13-26(21)32(6,7)8)27-22-14-23-24(15-25(22)30-17-31-27)29(4,5)16-28(23,2)3/h9-15,17H,16H2,1-8H3. The summed E-state index contributed by atoms with van der Waals surface area (Å²) in [5, 5.41) is 5.37. The lowest BCUT2D eigenvalue weighted by molar-refractivity contribution is 0.403. The second-order valence-electron chi connectivity index (χ2n) is 12.1. The Hall–Kier alpha value is -2.52. The zero-order valence-corrected chi connectivity index (χ0v) is 21.7. The highest BCUT2D eigenvalue weighted by Gasteiger charge is 2.42. The molecule has 0 fully saturated rings. The van der Waals surface area contributed by atoms with Crippen molar-refractivity contribution in [2.75, 3.05) is 0 Å². The first kappa shape index (κ1) is 21.3. The largest absolute Gasteiger partial charge is 0.236 e. The maximum atomic E-state index is 4.84. The summed E-state index contributed by atoms with van der Waals surface area (Å²) in [4.78, 5) is 9.55. The zero-order valence-electron chi connectivity index (χ0n) is 20.7. The quantitative estimate of drug-likeness (QED) is 0.308. The van der Waals surface area contributed by atoms with E-state index in [1.807, 2.05) is 0 Å². The van der Waals surface area contributed by atoms with Gasteiger partial charge in [-0.1, -0.05) is 82.4 Å². The molecule has 0 bridgehead atoms. The highest BCUT2D eigenvalue weighted by molar-refractivity contribution is 6.90. The van der Waals surface area contributed by atoms with E-state index in [-0.39, 0.29) is 10.8 Å². The van der Waals surface area contributed by atoms with Crippen LogP contribution in [-0.2, 0) is 10.8 Å². The van der Waals surface area contributed by atoms with E-state index in [0.29, 0.717) is 0 Å². The zero-order chi connectivity index (χ0) is 23.1. The van der Waals surface area contributed by atoms with Crippen molar-refractivity contribution in [2.24, 2.45) is 0 Å². The number of nitrogens with zero attached hydrogens (tertiary/aromatic N) is 2. The highest BCUT2D eigenvalue weighted by atomic mass is 28.3. The van der Waals surface area contributed by atoms with Crippen LogP contribution in [0.4, 0.5) is 0 Å². The predicted octanol–water partition coefficient (Wildman–Crippen LogP) is 7.26. The Morgan fingerprint density at radius 2 is 1.47 bits per heavy atom. The lowest BCUT2D eigenvalue weighted by Crippen LogP contribution is -2.38. The Balaban J connectivity index is 1.83. The number of hydrogen-bond acceptors (Lipinski definition) is 2. The van der Waals surface area contributed by atoms with E-state index in [1.54, 1.807) is 6.33 Å². The Morgan fingerprint density at radius 1 is 0.781 bits per heavy atom. The van der Waals surface area contributed by atoms with Gasteiger partial charge in [0.25, 0.3) is 0 Å². The summed E-state index contributed by atoms with van der Waals surface area (Å²) >= 11 is 0. The van der Waals surface area contributed by atoms with E-state index in [1.165, 1.54) is 43.6 Å². The number of rotatable bonds is 2. The van der Waals surface area contributed by atoms with E-state index in [4.69, 9.17) is 9.97 Å². The lowest BCUT2D eigenvalue weighted by atomic mass is 9.82. The average Bonchev–Trinajstić information content (AvgIpc) is 2.87. The van der Waals surface area contributed by atoms with E-state index in [2.05, 4.69) is 96.7 Å². The third-order valence-electron chi connectivity index (χ3n) is 7.31. The molecule has 5 rings (SSSR count). The molecule has 0 saturated carbocycles. The Bertz CT molecular complexity index is 1390. The fourth-order valence-electron chi connectivity index (χ4n) is 5.99. The summed E-state index contributed by atoms with van der Waals surface area (Å²) in [5.41, 5.74) is 7.84. The van der Waals surface area contributed by atoms with E-state index in [0.717, 1.165) is 17.6 Å². The third-order valence-corrected chi connectivity index (χ3v) is 9.34. The first-order valence-corrected chi connectivity index (χ1v) is 15.2. The van der Waals surface area contributed by atoms with Crippen LogP contribution in [0.1, 0.15) is 50.8 Å². The van der Waals surface area contributed by atoms with Gasteiger partial charge in [-0.15, -0.1) is 0 Å². The number of aryl methyl sites for hydroxylation is 1. The summed E-state index contributed by atoms with van der Waals surface area (Å²) in [7, 11) is -1.55. The van der Waals surface area contributed by atoms with Crippen molar-refractivity contribution in [1.29, 1.82) is 0 Å². The molecule has 3 aromatic carbocycles. The molecule has 1 aliphatic rings. The van der Waals surface area contributed by atoms with Gasteiger partial charge in [0.15, 0.2) is 0 Å². The van der Waals surface area contributed by atoms with Gasteiger partial charge in [0, 0.05) is 10.9 Å². The molecule has 1 heterocycles. The lowest BCUT2D eigenvalue weighted by Gasteiger charge is -2.22. The maximum absolute atomic E-state index is 4.84. The minimum absolute atomic E-state index is 0.157. The van der Waals surface area contributed by atoms with E-state index >= 15 is 0 Å². The Morgan fingerprint density at radius 3 is 2.16 bits per heavy atom. The molecule has 0 amide bonds. The van der Waals surface area contributed by atoms with Gasteiger partial charge in [0.1, 0.15) is 6.33 Å².